The molecule has 2 aromatic carbocycles. The number of amides is 1. The van der Waals surface area contributed by atoms with E-state index in [2.05, 4.69) is 19.2 Å². The number of phenolic OH excluding ortho intramolecular Hbond substituents is 2. The summed E-state index contributed by atoms with van der Waals surface area (Å²) in [7, 11) is 0. The Morgan fingerprint density at radius 3 is 2.32 bits per heavy atom. The van der Waals surface area contributed by atoms with Crippen LogP contribution in [0.2, 0.25) is 0 Å². The van der Waals surface area contributed by atoms with Crippen molar-refractivity contribution in [3.05, 3.63) is 59.2 Å². The first-order chi connectivity index (χ1) is 10.5. The SMILES string of the molecule is CC(C)c1ccc(C(=O)NCCc2ccc(O)c(O)c2)cc1. The summed E-state index contributed by atoms with van der Waals surface area (Å²) in [5.74, 6) is 0.0451. The summed E-state index contributed by atoms with van der Waals surface area (Å²) in [5.41, 5.74) is 2.69. The molecule has 0 radical (unpaired) electrons. The molecule has 0 atom stereocenters. The zero-order valence-corrected chi connectivity index (χ0v) is 12.8. The van der Waals surface area contributed by atoms with E-state index in [9.17, 15) is 15.0 Å². The predicted molar refractivity (Wildman–Crippen MR) is 86.3 cm³/mol. The largest absolute Gasteiger partial charge is 0.504 e. The van der Waals surface area contributed by atoms with E-state index in [1.807, 2.05) is 24.3 Å². The molecule has 0 aliphatic carbocycles. The van der Waals surface area contributed by atoms with E-state index in [0.29, 0.717) is 24.4 Å². The molecule has 2 aromatic rings. The summed E-state index contributed by atoms with van der Waals surface area (Å²) >= 11 is 0. The molecular formula is C18H21NO3. The quantitative estimate of drug-likeness (QED) is 0.743. The summed E-state index contributed by atoms with van der Waals surface area (Å²) < 4.78 is 0. The van der Waals surface area contributed by atoms with Crippen molar-refractivity contribution >= 4 is 5.91 Å². The van der Waals surface area contributed by atoms with Crippen molar-refractivity contribution in [1.29, 1.82) is 0 Å². The molecule has 0 bridgehead atoms. The Bertz CT molecular complexity index is 648. The van der Waals surface area contributed by atoms with E-state index in [1.165, 1.54) is 17.7 Å². The molecule has 0 heterocycles. The highest BCUT2D eigenvalue weighted by Gasteiger charge is 2.06. The summed E-state index contributed by atoms with van der Waals surface area (Å²) in [6.07, 6.45) is 0.587. The Labute approximate surface area is 130 Å². The fourth-order valence-electron chi connectivity index (χ4n) is 2.17. The molecule has 0 unspecified atom stereocenters. The van der Waals surface area contributed by atoms with Crippen LogP contribution in [0.15, 0.2) is 42.5 Å². The second kappa shape index (κ2) is 6.98. The normalized spacial score (nSPS) is 10.7. The Kier molecular flexibility index (Phi) is 5.04. The average molecular weight is 299 g/mol. The lowest BCUT2D eigenvalue weighted by atomic mass is 10.0. The van der Waals surface area contributed by atoms with Crippen LogP contribution in [0.25, 0.3) is 0 Å². The molecule has 2 rings (SSSR count). The Morgan fingerprint density at radius 2 is 1.73 bits per heavy atom. The third-order valence-electron chi connectivity index (χ3n) is 3.58. The summed E-state index contributed by atoms with van der Waals surface area (Å²) in [5, 5.41) is 21.5. The Hall–Kier alpha value is -2.49. The molecule has 22 heavy (non-hydrogen) atoms. The minimum Gasteiger partial charge on any atom is -0.504 e. The van der Waals surface area contributed by atoms with Gasteiger partial charge in [-0.15, -0.1) is 0 Å². The standard InChI is InChI=1S/C18H21NO3/c1-12(2)14-4-6-15(7-5-14)18(22)19-10-9-13-3-8-16(20)17(21)11-13/h3-8,11-12,20-21H,9-10H2,1-2H3,(H,19,22). The first-order valence-corrected chi connectivity index (χ1v) is 7.36. The zero-order valence-electron chi connectivity index (χ0n) is 12.8. The monoisotopic (exact) mass is 299 g/mol. The predicted octanol–water partition coefficient (Wildman–Crippen LogP) is 3.19. The fraction of sp³-hybridized carbons (Fsp3) is 0.278. The number of hydrogen-bond donors (Lipinski definition) is 3. The summed E-state index contributed by atoms with van der Waals surface area (Å²) in [4.78, 5) is 12.0. The Balaban J connectivity index is 1.88. The number of rotatable bonds is 5. The van der Waals surface area contributed by atoms with Crippen molar-refractivity contribution in [3.63, 3.8) is 0 Å². The van der Waals surface area contributed by atoms with Gasteiger partial charge in [-0.25, -0.2) is 0 Å². The first-order valence-electron chi connectivity index (χ1n) is 7.36. The van der Waals surface area contributed by atoms with E-state index in [0.717, 1.165) is 5.56 Å². The number of hydrogen-bond acceptors (Lipinski definition) is 3. The topological polar surface area (TPSA) is 69.6 Å². The average Bonchev–Trinajstić information content (AvgIpc) is 2.51. The Morgan fingerprint density at radius 1 is 1.05 bits per heavy atom. The molecule has 0 aromatic heterocycles. The van der Waals surface area contributed by atoms with Crippen LogP contribution < -0.4 is 5.32 Å². The molecular weight excluding hydrogens is 278 g/mol. The van der Waals surface area contributed by atoms with Crippen LogP contribution in [0.3, 0.4) is 0 Å². The van der Waals surface area contributed by atoms with Crippen LogP contribution >= 0.6 is 0 Å². The lowest BCUT2D eigenvalue weighted by molar-refractivity contribution is 0.0954. The molecule has 0 aliphatic heterocycles. The molecule has 4 nitrogen and oxygen atoms in total. The second-order valence-electron chi connectivity index (χ2n) is 5.61. The summed E-state index contributed by atoms with van der Waals surface area (Å²) in [6, 6.07) is 12.3. The van der Waals surface area contributed by atoms with E-state index in [1.54, 1.807) is 6.07 Å². The van der Waals surface area contributed by atoms with Gasteiger partial charge in [0.2, 0.25) is 0 Å². The van der Waals surface area contributed by atoms with Gasteiger partial charge in [-0.3, -0.25) is 4.79 Å². The molecule has 0 spiro atoms. The highest BCUT2D eigenvalue weighted by molar-refractivity contribution is 5.94. The van der Waals surface area contributed by atoms with Crippen molar-refractivity contribution in [1.82, 2.24) is 5.32 Å². The third kappa shape index (κ3) is 4.01. The van der Waals surface area contributed by atoms with Crippen LogP contribution in [-0.2, 0) is 6.42 Å². The molecule has 0 saturated carbocycles. The van der Waals surface area contributed by atoms with Crippen molar-refractivity contribution in [2.45, 2.75) is 26.2 Å². The van der Waals surface area contributed by atoms with Gasteiger partial charge in [0.1, 0.15) is 0 Å². The zero-order chi connectivity index (χ0) is 16.1. The van der Waals surface area contributed by atoms with Crippen LogP contribution in [0, 0.1) is 0 Å². The molecule has 3 N–H and O–H groups in total. The van der Waals surface area contributed by atoms with Crippen LogP contribution in [0.4, 0.5) is 0 Å². The maximum absolute atomic E-state index is 12.0. The number of nitrogens with one attached hydrogen (secondary N) is 1. The van der Waals surface area contributed by atoms with E-state index in [4.69, 9.17) is 0 Å². The maximum Gasteiger partial charge on any atom is 0.251 e. The molecule has 4 heteroatoms. The van der Waals surface area contributed by atoms with Gasteiger partial charge >= 0.3 is 0 Å². The van der Waals surface area contributed by atoms with Crippen LogP contribution in [0.5, 0.6) is 11.5 Å². The van der Waals surface area contributed by atoms with Crippen LogP contribution in [0.1, 0.15) is 41.3 Å². The second-order valence-corrected chi connectivity index (χ2v) is 5.61. The molecule has 0 fully saturated rings. The molecule has 116 valence electrons. The van der Waals surface area contributed by atoms with E-state index < -0.39 is 0 Å². The van der Waals surface area contributed by atoms with Crippen molar-refractivity contribution in [3.8, 4) is 11.5 Å². The number of carbonyl (C=O) groups is 1. The van der Waals surface area contributed by atoms with Gasteiger partial charge in [0, 0.05) is 12.1 Å². The van der Waals surface area contributed by atoms with Crippen molar-refractivity contribution in [2.24, 2.45) is 0 Å². The highest BCUT2D eigenvalue weighted by Crippen LogP contribution is 2.24. The minimum absolute atomic E-state index is 0.113. The first kappa shape index (κ1) is 15.9. The van der Waals surface area contributed by atoms with Gasteiger partial charge in [0.25, 0.3) is 5.91 Å². The summed E-state index contributed by atoms with van der Waals surface area (Å²) in [6.45, 7) is 4.69. The van der Waals surface area contributed by atoms with Gasteiger partial charge in [0.15, 0.2) is 11.5 Å². The third-order valence-corrected chi connectivity index (χ3v) is 3.58. The van der Waals surface area contributed by atoms with E-state index >= 15 is 0 Å². The fourth-order valence-corrected chi connectivity index (χ4v) is 2.17. The maximum atomic E-state index is 12.0. The molecule has 1 amide bonds. The van der Waals surface area contributed by atoms with Crippen molar-refractivity contribution in [2.75, 3.05) is 6.54 Å². The number of aromatic hydroxyl groups is 2. The number of phenols is 2. The molecule has 0 aliphatic rings. The van der Waals surface area contributed by atoms with Gasteiger partial charge in [0.05, 0.1) is 0 Å². The smallest absolute Gasteiger partial charge is 0.251 e. The molecule has 0 saturated heterocycles. The van der Waals surface area contributed by atoms with Crippen LogP contribution in [-0.4, -0.2) is 22.7 Å². The minimum atomic E-state index is -0.145. The van der Waals surface area contributed by atoms with Gasteiger partial charge in [-0.1, -0.05) is 32.0 Å². The van der Waals surface area contributed by atoms with E-state index in [-0.39, 0.29) is 17.4 Å². The highest BCUT2D eigenvalue weighted by atomic mass is 16.3. The lowest BCUT2D eigenvalue weighted by Crippen LogP contribution is -2.25. The lowest BCUT2D eigenvalue weighted by Gasteiger charge is -2.08. The number of carbonyl (C=O) groups excluding carboxylic acids is 1. The van der Waals surface area contributed by atoms with Crippen molar-refractivity contribution < 1.29 is 15.0 Å². The van der Waals surface area contributed by atoms with Gasteiger partial charge < -0.3 is 15.5 Å². The van der Waals surface area contributed by atoms with Gasteiger partial charge in [-0.05, 0) is 47.7 Å². The number of benzene rings is 2. The van der Waals surface area contributed by atoms with Gasteiger partial charge in [-0.2, -0.15) is 0 Å².